The zero-order chi connectivity index (χ0) is 15.7. The highest BCUT2D eigenvalue weighted by molar-refractivity contribution is 5.94. The lowest BCUT2D eigenvalue weighted by atomic mass is 10.1. The molecule has 1 aliphatic heterocycles. The lowest BCUT2D eigenvalue weighted by Crippen LogP contribution is -2.50. The molecule has 4 nitrogen and oxygen atoms in total. The number of hydrogen-bond acceptors (Lipinski definition) is 3. The number of carbonyl (C=O) groups excluding carboxylic acids is 1. The monoisotopic (exact) mass is 346 g/mol. The Morgan fingerprint density at radius 1 is 1.17 bits per heavy atom. The third-order valence-electron chi connectivity index (χ3n) is 4.45. The maximum Gasteiger partial charge on any atom is 0.259 e. The van der Waals surface area contributed by atoms with Gasteiger partial charge in [0.15, 0.2) is 0 Å². The molecule has 1 aliphatic carbocycles. The first kappa shape index (κ1) is 18.1. The van der Waals surface area contributed by atoms with Gasteiger partial charge in [0.2, 0.25) is 0 Å². The number of halogens is 3. The first-order valence-corrected chi connectivity index (χ1v) is 7.70. The van der Waals surface area contributed by atoms with Crippen molar-refractivity contribution in [3.63, 3.8) is 0 Å². The molecule has 1 heterocycles. The molecule has 1 saturated heterocycles. The van der Waals surface area contributed by atoms with Crippen molar-refractivity contribution >= 4 is 18.3 Å². The standard InChI is InChI=1S/C16H20F2N2O2.ClH/c17-12-2-1-3-13(18)15(12)16(22)20-8-6-19(7-9-20)10-14(21)11-4-5-11;/h1-3,11,14,21H,4-10H2;1H. The fraction of sp³-hybridized carbons (Fsp3) is 0.562. The molecule has 1 aromatic rings. The molecular weight excluding hydrogens is 326 g/mol. The fourth-order valence-electron chi connectivity index (χ4n) is 2.89. The van der Waals surface area contributed by atoms with Crippen LogP contribution in [0, 0.1) is 17.6 Å². The van der Waals surface area contributed by atoms with Crippen molar-refractivity contribution in [2.45, 2.75) is 18.9 Å². The number of β-amino-alcohol motifs (C(OH)–C–C–N with tert-alkyl or cyclic N) is 1. The molecule has 2 aliphatic rings. The van der Waals surface area contributed by atoms with E-state index in [9.17, 15) is 18.7 Å². The van der Waals surface area contributed by atoms with Crippen molar-refractivity contribution in [3.05, 3.63) is 35.4 Å². The second-order valence-electron chi connectivity index (χ2n) is 6.09. The first-order valence-electron chi connectivity index (χ1n) is 7.70. The van der Waals surface area contributed by atoms with Crippen LogP contribution in [-0.4, -0.2) is 59.6 Å². The van der Waals surface area contributed by atoms with Crippen LogP contribution >= 0.6 is 12.4 Å². The molecule has 1 aromatic carbocycles. The summed E-state index contributed by atoms with van der Waals surface area (Å²) in [6.45, 7) is 2.69. The first-order chi connectivity index (χ1) is 10.6. The minimum absolute atomic E-state index is 0. The Labute approximate surface area is 140 Å². The number of amides is 1. The predicted molar refractivity (Wildman–Crippen MR) is 84.7 cm³/mol. The average molecular weight is 347 g/mol. The molecule has 7 heteroatoms. The molecule has 0 aromatic heterocycles. The number of benzene rings is 1. The SMILES string of the molecule is Cl.O=C(c1c(F)cccc1F)N1CCN(CC(O)C2CC2)CC1. The van der Waals surface area contributed by atoms with Crippen LogP contribution < -0.4 is 0 Å². The van der Waals surface area contributed by atoms with Gasteiger partial charge in [-0.05, 0) is 30.9 Å². The third-order valence-corrected chi connectivity index (χ3v) is 4.45. The van der Waals surface area contributed by atoms with Gasteiger partial charge in [-0.25, -0.2) is 8.78 Å². The Morgan fingerprint density at radius 3 is 2.26 bits per heavy atom. The van der Waals surface area contributed by atoms with Crippen molar-refractivity contribution in [2.24, 2.45) is 5.92 Å². The molecule has 1 amide bonds. The Morgan fingerprint density at radius 2 is 1.74 bits per heavy atom. The van der Waals surface area contributed by atoms with E-state index in [1.165, 1.54) is 11.0 Å². The van der Waals surface area contributed by atoms with Crippen LogP contribution in [0.3, 0.4) is 0 Å². The summed E-state index contributed by atoms with van der Waals surface area (Å²) in [6.07, 6.45) is 1.88. The van der Waals surface area contributed by atoms with Gasteiger partial charge in [-0.1, -0.05) is 6.07 Å². The summed E-state index contributed by atoms with van der Waals surface area (Å²) in [5, 5.41) is 9.95. The normalized spacial score (nSPS) is 20.0. The minimum atomic E-state index is -0.823. The summed E-state index contributed by atoms with van der Waals surface area (Å²) in [5.74, 6) is -1.82. The van der Waals surface area contributed by atoms with Crippen LogP contribution in [0.25, 0.3) is 0 Å². The number of nitrogens with zero attached hydrogens (tertiary/aromatic N) is 2. The zero-order valence-electron chi connectivity index (χ0n) is 12.8. The topological polar surface area (TPSA) is 43.8 Å². The second-order valence-corrected chi connectivity index (χ2v) is 6.09. The molecule has 1 N–H and O–H groups in total. The van der Waals surface area contributed by atoms with Crippen LogP contribution in [0.2, 0.25) is 0 Å². The number of aliphatic hydroxyl groups is 1. The van der Waals surface area contributed by atoms with Crippen molar-refractivity contribution in [1.82, 2.24) is 9.80 Å². The molecule has 0 radical (unpaired) electrons. The molecule has 23 heavy (non-hydrogen) atoms. The summed E-state index contributed by atoms with van der Waals surface area (Å²) in [7, 11) is 0. The van der Waals surface area contributed by atoms with Gasteiger partial charge in [0.05, 0.1) is 6.10 Å². The van der Waals surface area contributed by atoms with E-state index in [-0.39, 0.29) is 18.5 Å². The number of rotatable bonds is 4. The highest BCUT2D eigenvalue weighted by Crippen LogP contribution is 2.33. The Balaban J connectivity index is 0.00000192. The lowest BCUT2D eigenvalue weighted by Gasteiger charge is -2.35. The molecule has 1 atom stereocenters. The molecular formula is C16H21ClF2N2O2. The number of hydrogen-bond donors (Lipinski definition) is 1. The maximum absolute atomic E-state index is 13.7. The second kappa shape index (κ2) is 7.55. The van der Waals surface area contributed by atoms with E-state index in [0.717, 1.165) is 25.0 Å². The smallest absolute Gasteiger partial charge is 0.259 e. The van der Waals surface area contributed by atoms with Gasteiger partial charge in [0, 0.05) is 32.7 Å². The zero-order valence-corrected chi connectivity index (χ0v) is 13.6. The fourth-order valence-corrected chi connectivity index (χ4v) is 2.89. The Kier molecular flexibility index (Phi) is 5.95. The van der Waals surface area contributed by atoms with E-state index < -0.39 is 23.1 Å². The van der Waals surface area contributed by atoms with E-state index >= 15 is 0 Å². The van der Waals surface area contributed by atoms with Crippen LogP contribution in [-0.2, 0) is 0 Å². The maximum atomic E-state index is 13.7. The quantitative estimate of drug-likeness (QED) is 0.905. The molecule has 128 valence electrons. The molecule has 1 unspecified atom stereocenters. The van der Waals surface area contributed by atoms with Gasteiger partial charge in [-0.3, -0.25) is 9.69 Å². The summed E-state index contributed by atoms with van der Waals surface area (Å²) in [5.41, 5.74) is -0.478. The molecule has 0 bridgehead atoms. The van der Waals surface area contributed by atoms with E-state index in [1.807, 2.05) is 0 Å². The summed E-state index contributed by atoms with van der Waals surface area (Å²) >= 11 is 0. The van der Waals surface area contributed by atoms with Gasteiger partial charge in [0.25, 0.3) is 5.91 Å². The number of piperazine rings is 1. The van der Waals surface area contributed by atoms with Crippen LogP contribution in [0.4, 0.5) is 8.78 Å². The summed E-state index contributed by atoms with van der Waals surface area (Å²) in [6, 6.07) is 3.44. The van der Waals surface area contributed by atoms with Crippen LogP contribution in [0.1, 0.15) is 23.2 Å². The highest BCUT2D eigenvalue weighted by Gasteiger charge is 2.32. The van der Waals surface area contributed by atoms with Crippen LogP contribution in [0.15, 0.2) is 18.2 Å². The summed E-state index contributed by atoms with van der Waals surface area (Å²) in [4.78, 5) is 15.8. The van der Waals surface area contributed by atoms with Gasteiger partial charge < -0.3 is 10.0 Å². The van der Waals surface area contributed by atoms with Gasteiger partial charge in [-0.2, -0.15) is 0 Å². The van der Waals surface area contributed by atoms with E-state index in [4.69, 9.17) is 0 Å². The molecule has 2 fully saturated rings. The molecule has 3 rings (SSSR count). The third kappa shape index (κ3) is 4.19. The van der Waals surface area contributed by atoms with Gasteiger partial charge >= 0.3 is 0 Å². The molecule has 0 spiro atoms. The van der Waals surface area contributed by atoms with Crippen molar-refractivity contribution in [3.8, 4) is 0 Å². The summed E-state index contributed by atoms with van der Waals surface area (Å²) < 4.78 is 27.3. The van der Waals surface area contributed by atoms with Crippen molar-refractivity contribution in [2.75, 3.05) is 32.7 Å². The predicted octanol–water partition coefficient (Wildman–Crippen LogP) is 1.92. The largest absolute Gasteiger partial charge is 0.392 e. The van der Waals surface area contributed by atoms with E-state index in [2.05, 4.69) is 4.90 Å². The highest BCUT2D eigenvalue weighted by atomic mass is 35.5. The molecule has 1 saturated carbocycles. The average Bonchev–Trinajstić information content (AvgIpc) is 3.32. The van der Waals surface area contributed by atoms with Crippen LogP contribution in [0.5, 0.6) is 0 Å². The Hall–Kier alpha value is -1.24. The number of aliphatic hydroxyl groups excluding tert-OH is 1. The van der Waals surface area contributed by atoms with E-state index in [0.29, 0.717) is 38.6 Å². The lowest BCUT2D eigenvalue weighted by molar-refractivity contribution is 0.0482. The van der Waals surface area contributed by atoms with Crippen molar-refractivity contribution in [1.29, 1.82) is 0 Å². The van der Waals surface area contributed by atoms with Crippen molar-refractivity contribution < 1.29 is 18.7 Å². The van der Waals surface area contributed by atoms with Gasteiger partial charge in [0.1, 0.15) is 17.2 Å². The minimum Gasteiger partial charge on any atom is -0.392 e. The van der Waals surface area contributed by atoms with Gasteiger partial charge in [-0.15, -0.1) is 12.4 Å². The van der Waals surface area contributed by atoms with E-state index in [1.54, 1.807) is 0 Å². The Bertz CT molecular complexity index is 541. The number of carbonyl (C=O) groups is 1.